The summed E-state index contributed by atoms with van der Waals surface area (Å²) in [6.07, 6.45) is -3.35. The van der Waals surface area contributed by atoms with Crippen molar-refractivity contribution in [2.75, 3.05) is 0 Å². The molecule has 0 bridgehead atoms. The average Bonchev–Trinajstić information content (AvgIpc) is 2.09. The number of halogens is 4. The van der Waals surface area contributed by atoms with E-state index in [2.05, 4.69) is 13.8 Å². The minimum absolute atomic E-state index is 0.392. The first-order valence-corrected chi connectivity index (χ1v) is 4.66. The van der Waals surface area contributed by atoms with Crippen LogP contribution in [0.5, 0.6) is 0 Å². The molecule has 0 unspecified atom stereocenters. The molecule has 0 aromatic heterocycles. The van der Waals surface area contributed by atoms with Gasteiger partial charge in [-0.25, -0.2) is 4.39 Å². The molecule has 15 heavy (non-hydrogen) atoms. The minimum atomic E-state index is -4.60. The zero-order valence-corrected chi connectivity index (χ0v) is 8.95. The summed E-state index contributed by atoms with van der Waals surface area (Å²) in [4.78, 5) is 0. The second kappa shape index (κ2) is 5.73. The van der Waals surface area contributed by atoms with Gasteiger partial charge in [0.15, 0.2) is 0 Å². The Labute approximate surface area is 86.9 Å². The highest BCUT2D eigenvalue weighted by atomic mass is 19.4. The Hall–Kier alpha value is -1.06. The molecule has 0 fully saturated rings. The van der Waals surface area contributed by atoms with E-state index in [0.717, 1.165) is 12.1 Å². The summed E-state index contributed by atoms with van der Waals surface area (Å²) in [6, 6.07) is 2.90. The van der Waals surface area contributed by atoms with Crippen molar-refractivity contribution in [2.24, 2.45) is 0 Å². The van der Waals surface area contributed by atoms with Gasteiger partial charge in [0.25, 0.3) is 0 Å². The van der Waals surface area contributed by atoms with Crippen molar-refractivity contribution < 1.29 is 17.6 Å². The number of hydrogen-bond donors (Lipinski definition) is 0. The van der Waals surface area contributed by atoms with E-state index in [1.54, 1.807) is 0 Å². The molecule has 0 atom stereocenters. The molecular formula is C11H14F4. The minimum Gasteiger partial charge on any atom is -0.206 e. The molecule has 0 radical (unpaired) electrons. The summed E-state index contributed by atoms with van der Waals surface area (Å²) >= 11 is 0. The Kier molecular flexibility index (Phi) is 5.33. The fourth-order valence-corrected chi connectivity index (χ4v) is 0.856. The quantitative estimate of drug-likeness (QED) is 0.564. The van der Waals surface area contributed by atoms with Crippen LogP contribution in [0.15, 0.2) is 18.2 Å². The van der Waals surface area contributed by atoms with Crippen molar-refractivity contribution in [1.82, 2.24) is 0 Å². The Bertz CT molecular complexity index is 302. The molecule has 0 spiro atoms. The molecule has 0 heterocycles. The van der Waals surface area contributed by atoms with Gasteiger partial charge in [0.1, 0.15) is 5.82 Å². The van der Waals surface area contributed by atoms with E-state index < -0.39 is 17.6 Å². The van der Waals surface area contributed by atoms with Gasteiger partial charge < -0.3 is 0 Å². The molecule has 1 aromatic rings. The van der Waals surface area contributed by atoms with Crippen LogP contribution in [0.1, 0.15) is 31.4 Å². The molecule has 4 heteroatoms. The summed E-state index contributed by atoms with van der Waals surface area (Å²) in [5.41, 5.74) is -0.814. The lowest BCUT2D eigenvalue weighted by Gasteiger charge is -2.07. The molecular weight excluding hydrogens is 208 g/mol. The monoisotopic (exact) mass is 222 g/mol. The topological polar surface area (TPSA) is 0 Å². The van der Waals surface area contributed by atoms with Gasteiger partial charge in [-0.2, -0.15) is 13.2 Å². The first-order chi connectivity index (χ1) is 6.82. The van der Waals surface area contributed by atoms with Crippen molar-refractivity contribution in [2.45, 2.75) is 33.4 Å². The Balaban J connectivity index is 0.000000583. The van der Waals surface area contributed by atoms with Crippen molar-refractivity contribution in [3.8, 4) is 0 Å². The lowest BCUT2D eigenvalue weighted by molar-refractivity contribution is -0.140. The second-order valence-corrected chi connectivity index (χ2v) is 3.19. The zero-order valence-electron chi connectivity index (χ0n) is 8.95. The van der Waals surface area contributed by atoms with Crippen LogP contribution < -0.4 is 0 Å². The van der Waals surface area contributed by atoms with E-state index in [1.165, 1.54) is 19.4 Å². The van der Waals surface area contributed by atoms with Crippen LogP contribution in [0.4, 0.5) is 17.6 Å². The van der Waals surface area contributed by atoms with E-state index >= 15 is 0 Å². The van der Waals surface area contributed by atoms with Gasteiger partial charge in [0, 0.05) is 0 Å². The second-order valence-electron chi connectivity index (χ2n) is 3.19. The fraction of sp³-hybridized carbons (Fsp3) is 0.455. The number of benzene rings is 1. The van der Waals surface area contributed by atoms with Crippen molar-refractivity contribution in [3.63, 3.8) is 0 Å². The lowest BCUT2D eigenvalue weighted by atomic mass is 10.1. The van der Waals surface area contributed by atoms with Crippen LogP contribution in [0, 0.1) is 12.7 Å². The number of rotatable bonds is 0. The van der Waals surface area contributed by atoms with Crippen LogP contribution in [0.3, 0.4) is 0 Å². The maximum Gasteiger partial charge on any atom is 0.419 e. The summed E-state index contributed by atoms with van der Waals surface area (Å²) < 4.78 is 48.5. The summed E-state index contributed by atoms with van der Waals surface area (Å²) in [6.45, 7) is 5.73. The first-order valence-electron chi connectivity index (χ1n) is 4.66. The smallest absolute Gasteiger partial charge is 0.206 e. The molecule has 0 aliphatic carbocycles. The lowest BCUT2D eigenvalue weighted by Crippen LogP contribution is -2.08. The largest absolute Gasteiger partial charge is 0.419 e. The van der Waals surface area contributed by atoms with E-state index in [0.29, 0.717) is 5.56 Å². The molecule has 0 amide bonds. The SMILES string of the molecule is CCC.Cc1ccc(F)c(C(F)(F)F)c1. The van der Waals surface area contributed by atoms with Gasteiger partial charge >= 0.3 is 6.18 Å². The van der Waals surface area contributed by atoms with Gasteiger partial charge in [0.2, 0.25) is 0 Å². The van der Waals surface area contributed by atoms with Crippen LogP contribution in [0.2, 0.25) is 0 Å². The summed E-state index contributed by atoms with van der Waals surface area (Å²) in [5, 5.41) is 0. The average molecular weight is 222 g/mol. The van der Waals surface area contributed by atoms with Crippen LogP contribution in [-0.2, 0) is 6.18 Å². The third-order valence-corrected chi connectivity index (χ3v) is 1.43. The van der Waals surface area contributed by atoms with Gasteiger partial charge in [-0.15, -0.1) is 0 Å². The number of alkyl halides is 3. The Morgan fingerprint density at radius 3 is 1.93 bits per heavy atom. The van der Waals surface area contributed by atoms with Crippen LogP contribution in [-0.4, -0.2) is 0 Å². The Morgan fingerprint density at radius 1 is 1.13 bits per heavy atom. The van der Waals surface area contributed by atoms with Gasteiger partial charge in [-0.05, 0) is 19.1 Å². The third kappa shape index (κ3) is 4.81. The highest BCUT2D eigenvalue weighted by molar-refractivity contribution is 5.26. The predicted molar refractivity (Wildman–Crippen MR) is 52.1 cm³/mol. The van der Waals surface area contributed by atoms with Crippen LogP contribution >= 0.6 is 0 Å². The fourth-order valence-electron chi connectivity index (χ4n) is 0.856. The number of hydrogen-bond acceptors (Lipinski definition) is 0. The molecule has 0 saturated heterocycles. The first kappa shape index (κ1) is 13.9. The normalized spacial score (nSPS) is 10.6. The zero-order chi connectivity index (χ0) is 12.1. The van der Waals surface area contributed by atoms with Crippen molar-refractivity contribution in [3.05, 3.63) is 35.1 Å². The summed E-state index contributed by atoms with van der Waals surface area (Å²) in [7, 11) is 0. The Morgan fingerprint density at radius 2 is 1.60 bits per heavy atom. The third-order valence-electron chi connectivity index (χ3n) is 1.43. The van der Waals surface area contributed by atoms with Gasteiger partial charge in [-0.3, -0.25) is 0 Å². The highest BCUT2D eigenvalue weighted by Crippen LogP contribution is 2.31. The molecule has 1 aromatic carbocycles. The van der Waals surface area contributed by atoms with E-state index in [9.17, 15) is 17.6 Å². The van der Waals surface area contributed by atoms with Crippen molar-refractivity contribution in [1.29, 1.82) is 0 Å². The van der Waals surface area contributed by atoms with Crippen molar-refractivity contribution >= 4 is 0 Å². The maximum atomic E-state index is 12.5. The maximum absolute atomic E-state index is 12.5. The van der Waals surface area contributed by atoms with E-state index in [-0.39, 0.29) is 0 Å². The van der Waals surface area contributed by atoms with Crippen LogP contribution in [0.25, 0.3) is 0 Å². The standard InChI is InChI=1S/C8H6F4.C3H8/c1-5-2-3-7(9)6(4-5)8(10,11)12;1-3-2/h2-4H,1H3;3H2,1-2H3. The predicted octanol–water partition coefficient (Wildman–Crippen LogP) is 4.57. The molecule has 0 aliphatic rings. The molecule has 86 valence electrons. The van der Waals surface area contributed by atoms with Gasteiger partial charge in [-0.1, -0.05) is 31.9 Å². The molecule has 0 N–H and O–H groups in total. The van der Waals surface area contributed by atoms with E-state index in [4.69, 9.17) is 0 Å². The van der Waals surface area contributed by atoms with E-state index in [1.807, 2.05) is 0 Å². The summed E-state index contributed by atoms with van der Waals surface area (Å²) in [5.74, 6) is -1.23. The molecule has 0 aliphatic heterocycles. The van der Waals surface area contributed by atoms with Gasteiger partial charge in [0.05, 0.1) is 5.56 Å². The highest BCUT2D eigenvalue weighted by Gasteiger charge is 2.33. The number of aryl methyl sites for hydroxylation is 1. The molecule has 0 nitrogen and oxygen atoms in total. The molecule has 0 saturated carbocycles. The molecule has 1 rings (SSSR count).